The molecule has 174 valence electrons. The van der Waals surface area contributed by atoms with Crippen LogP contribution in [0.5, 0.6) is 0 Å². The summed E-state index contributed by atoms with van der Waals surface area (Å²) in [7, 11) is 0. The van der Waals surface area contributed by atoms with Gasteiger partial charge < -0.3 is 0 Å². The van der Waals surface area contributed by atoms with E-state index in [-0.39, 0.29) is 5.92 Å². The van der Waals surface area contributed by atoms with Crippen LogP contribution in [0.25, 0.3) is 11.1 Å². The first-order valence-corrected chi connectivity index (χ1v) is 13.7. The van der Waals surface area contributed by atoms with E-state index < -0.39 is 11.6 Å². The molecular formula is C29H38F2S. The van der Waals surface area contributed by atoms with Gasteiger partial charge in [-0.2, -0.15) is 0 Å². The first-order chi connectivity index (χ1) is 15.5. The second kappa shape index (κ2) is 11.2. The molecule has 0 amide bonds. The topological polar surface area (TPSA) is 0 Å². The molecule has 2 aromatic carbocycles. The van der Waals surface area contributed by atoms with Gasteiger partial charge in [-0.3, -0.25) is 0 Å². The monoisotopic (exact) mass is 456 g/mol. The van der Waals surface area contributed by atoms with Gasteiger partial charge in [0.2, 0.25) is 0 Å². The van der Waals surface area contributed by atoms with Crippen LogP contribution in [0.2, 0.25) is 0 Å². The molecule has 0 saturated heterocycles. The van der Waals surface area contributed by atoms with Crippen LogP contribution in [-0.4, -0.2) is 5.75 Å². The molecule has 0 nitrogen and oxygen atoms in total. The highest BCUT2D eigenvalue weighted by molar-refractivity contribution is 7.99. The number of halogens is 2. The second-order valence-corrected chi connectivity index (χ2v) is 11.6. The van der Waals surface area contributed by atoms with Crippen molar-refractivity contribution in [2.24, 2.45) is 17.8 Å². The molecule has 0 radical (unpaired) electrons. The van der Waals surface area contributed by atoms with E-state index in [9.17, 15) is 8.78 Å². The van der Waals surface area contributed by atoms with Gasteiger partial charge in [0, 0.05) is 10.5 Å². The average Bonchev–Trinajstić information content (AvgIpc) is 2.81. The van der Waals surface area contributed by atoms with Crippen LogP contribution in [-0.2, 0) is 0 Å². The Morgan fingerprint density at radius 2 is 1.38 bits per heavy atom. The first kappa shape index (κ1) is 23.8. The Balaban J connectivity index is 1.32. The van der Waals surface area contributed by atoms with Crippen molar-refractivity contribution in [3.8, 4) is 11.1 Å². The molecule has 0 N–H and O–H groups in total. The molecule has 0 atom stereocenters. The van der Waals surface area contributed by atoms with Crippen molar-refractivity contribution >= 4 is 11.8 Å². The molecular weight excluding hydrogens is 418 g/mol. The van der Waals surface area contributed by atoms with Gasteiger partial charge in [-0.15, -0.1) is 11.8 Å². The molecule has 0 bridgehead atoms. The van der Waals surface area contributed by atoms with Crippen molar-refractivity contribution in [3.05, 3.63) is 53.6 Å². The Kier molecular flexibility index (Phi) is 8.32. The van der Waals surface area contributed by atoms with Crippen molar-refractivity contribution in [3.63, 3.8) is 0 Å². The van der Waals surface area contributed by atoms with E-state index in [1.165, 1.54) is 43.4 Å². The van der Waals surface area contributed by atoms with Crippen LogP contribution >= 0.6 is 11.8 Å². The smallest absolute Gasteiger partial charge is 0.166 e. The highest BCUT2D eigenvalue weighted by atomic mass is 32.2. The fourth-order valence-electron chi connectivity index (χ4n) is 5.58. The van der Waals surface area contributed by atoms with Crippen molar-refractivity contribution in [2.45, 2.75) is 88.9 Å². The van der Waals surface area contributed by atoms with Gasteiger partial charge in [0.25, 0.3) is 0 Å². The zero-order valence-electron chi connectivity index (χ0n) is 19.7. The van der Waals surface area contributed by atoms with E-state index in [1.54, 1.807) is 6.07 Å². The molecule has 3 heteroatoms. The van der Waals surface area contributed by atoms with Crippen LogP contribution in [0.4, 0.5) is 8.78 Å². The molecule has 2 fully saturated rings. The summed E-state index contributed by atoms with van der Waals surface area (Å²) in [5.74, 6) is 2.50. The summed E-state index contributed by atoms with van der Waals surface area (Å²) in [4.78, 5) is 1.21. The number of thioether (sulfide) groups is 1. The van der Waals surface area contributed by atoms with Gasteiger partial charge >= 0.3 is 0 Å². The summed E-state index contributed by atoms with van der Waals surface area (Å²) in [5.41, 5.74) is 1.70. The summed E-state index contributed by atoms with van der Waals surface area (Å²) < 4.78 is 29.9. The molecule has 0 spiro atoms. The largest absolute Gasteiger partial charge is 0.203 e. The Morgan fingerprint density at radius 3 is 2.03 bits per heavy atom. The summed E-state index contributed by atoms with van der Waals surface area (Å²) in [5, 5.41) is 0. The lowest BCUT2D eigenvalue weighted by molar-refractivity contribution is 0.276. The maximum Gasteiger partial charge on any atom is 0.166 e. The fraction of sp³-hybridized carbons (Fsp3) is 0.586. The zero-order valence-corrected chi connectivity index (χ0v) is 20.5. The number of benzene rings is 2. The molecule has 0 unspecified atom stereocenters. The lowest BCUT2D eigenvalue weighted by atomic mass is 9.79. The molecule has 32 heavy (non-hydrogen) atoms. The zero-order chi connectivity index (χ0) is 22.5. The molecule has 2 saturated carbocycles. The normalized spacial score (nSPS) is 26.2. The molecule has 0 heterocycles. The van der Waals surface area contributed by atoms with E-state index in [0.29, 0.717) is 17.0 Å². The average molecular weight is 457 g/mol. The fourth-order valence-corrected chi connectivity index (χ4v) is 6.46. The summed E-state index contributed by atoms with van der Waals surface area (Å²) in [6, 6.07) is 11.6. The van der Waals surface area contributed by atoms with E-state index in [4.69, 9.17) is 0 Å². The SMILES string of the molecule is CC1CCC(CCCSc2ccc(-c3ccc(C4CCC(C)CC4)c(F)c3F)cc2)CC1. The molecule has 2 aromatic rings. The highest BCUT2D eigenvalue weighted by Crippen LogP contribution is 2.39. The van der Waals surface area contributed by atoms with Crippen LogP contribution in [0.3, 0.4) is 0 Å². The quantitative estimate of drug-likeness (QED) is 0.295. The van der Waals surface area contributed by atoms with Crippen molar-refractivity contribution in [1.82, 2.24) is 0 Å². The minimum absolute atomic E-state index is 0.158. The molecule has 0 aromatic heterocycles. The van der Waals surface area contributed by atoms with E-state index >= 15 is 0 Å². The summed E-state index contributed by atoms with van der Waals surface area (Å²) >= 11 is 1.87. The third kappa shape index (κ3) is 5.95. The Hall–Kier alpha value is -1.35. The van der Waals surface area contributed by atoms with E-state index in [2.05, 4.69) is 26.0 Å². The lowest BCUT2D eigenvalue weighted by Gasteiger charge is -2.27. The molecule has 2 aliphatic carbocycles. The van der Waals surface area contributed by atoms with Crippen molar-refractivity contribution in [1.29, 1.82) is 0 Å². The minimum atomic E-state index is -0.691. The van der Waals surface area contributed by atoms with Crippen LogP contribution in [0.1, 0.15) is 89.5 Å². The Bertz CT molecular complexity index is 859. The predicted molar refractivity (Wildman–Crippen MR) is 133 cm³/mol. The van der Waals surface area contributed by atoms with Crippen LogP contribution < -0.4 is 0 Å². The molecule has 0 aliphatic heterocycles. The maximum atomic E-state index is 14.9. The molecule has 4 rings (SSSR count). The minimum Gasteiger partial charge on any atom is -0.203 e. The van der Waals surface area contributed by atoms with Gasteiger partial charge in [-0.25, -0.2) is 8.78 Å². The third-order valence-corrected chi connectivity index (χ3v) is 8.99. The highest BCUT2D eigenvalue weighted by Gasteiger charge is 2.25. The summed E-state index contributed by atoms with van der Waals surface area (Å²) in [6.07, 6.45) is 12.3. The number of hydrogen-bond donors (Lipinski definition) is 0. The van der Waals surface area contributed by atoms with Crippen LogP contribution in [0.15, 0.2) is 41.3 Å². The standard InChI is InChI=1S/C29H38F2S/c1-20-5-9-22(10-6-20)4-3-19-32-25-15-13-24(14-16-25)27-18-17-26(28(30)29(27)31)23-11-7-21(2)8-12-23/h13-18,20-23H,3-12,19H2,1-2H3. The van der Waals surface area contributed by atoms with Gasteiger partial charge in [0.05, 0.1) is 0 Å². The van der Waals surface area contributed by atoms with Crippen molar-refractivity contribution < 1.29 is 8.78 Å². The van der Waals surface area contributed by atoms with Crippen LogP contribution in [0, 0.1) is 29.4 Å². The second-order valence-electron chi connectivity index (χ2n) is 10.4. The van der Waals surface area contributed by atoms with Crippen molar-refractivity contribution in [2.75, 3.05) is 5.75 Å². The first-order valence-electron chi connectivity index (χ1n) is 12.7. The Morgan fingerprint density at radius 1 is 0.750 bits per heavy atom. The lowest BCUT2D eigenvalue weighted by Crippen LogP contribution is -2.13. The van der Waals surface area contributed by atoms with Gasteiger partial charge in [-0.1, -0.05) is 76.6 Å². The maximum absolute atomic E-state index is 14.9. The van der Waals surface area contributed by atoms with E-state index in [1.807, 2.05) is 30.0 Å². The Labute approximate surface area is 197 Å². The number of rotatable bonds is 7. The molecule has 2 aliphatic rings. The van der Waals surface area contributed by atoms with E-state index in [0.717, 1.165) is 48.8 Å². The number of hydrogen-bond acceptors (Lipinski definition) is 1. The third-order valence-electron chi connectivity index (χ3n) is 7.89. The predicted octanol–water partition coefficient (Wildman–Crippen LogP) is 9.62. The van der Waals surface area contributed by atoms with Gasteiger partial charge in [0.15, 0.2) is 11.6 Å². The van der Waals surface area contributed by atoms with Gasteiger partial charge in [0.1, 0.15) is 0 Å². The summed E-state index contributed by atoms with van der Waals surface area (Å²) in [6.45, 7) is 4.62. The van der Waals surface area contributed by atoms with Gasteiger partial charge in [-0.05, 0) is 78.4 Å².